The van der Waals surface area contributed by atoms with Crippen molar-refractivity contribution < 1.29 is 9.18 Å². The average Bonchev–Trinajstić information content (AvgIpc) is 2.19. The Hall–Kier alpha value is -1.58. The first-order valence-corrected chi connectivity index (χ1v) is 4.88. The second-order valence-corrected chi connectivity index (χ2v) is 3.74. The first-order valence-electron chi connectivity index (χ1n) is 4.88. The van der Waals surface area contributed by atoms with Crippen LogP contribution in [0.2, 0.25) is 0 Å². The van der Waals surface area contributed by atoms with Gasteiger partial charge in [0.1, 0.15) is 5.82 Å². The van der Waals surface area contributed by atoms with Gasteiger partial charge in [-0.05, 0) is 30.2 Å². The van der Waals surface area contributed by atoms with E-state index in [-0.39, 0.29) is 11.8 Å². The number of amides is 2. The normalized spacial score (nSPS) is 10.1. The third-order valence-electron chi connectivity index (χ3n) is 1.77. The molecule has 0 bridgehead atoms. The van der Waals surface area contributed by atoms with Crippen molar-refractivity contribution >= 4 is 11.7 Å². The van der Waals surface area contributed by atoms with Gasteiger partial charge >= 0.3 is 6.03 Å². The summed E-state index contributed by atoms with van der Waals surface area (Å²) in [5.74, 6) is 0.0899. The van der Waals surface area contributed by atoms with Gasteiger partial charge in [0.15, 0.2) is 0 Å². The molecule has 0 aliphatic heterocycles. The van der Waals surface area contributed by atoms with Gasteiger partial charge in [-0.25, -0.2) is 9.18 Å². The third kappa shape index (κ3) is 4.44. The Labute approximate surface area is 88.7 Å². The van der Waals surface area contributed by atoms with Crippen LogP contribution in [-0.2, 0) is 0 Å². The summed E-state index contributed by atoms with van der Waals surface area (Å²) in [5, 5.41) is 5.31. The van der Waals surface area contributed by atoms with E-state index in [9.17, 15) is 9.18 Å². The Morgan fingerprint density at radius 2 is 1.93 bits per heavy atom. The van der Waals surface area contributed by atoms with Gasteiger partial charge in [-0.3, -0.25) is 0 Å². The van der Waals surface area contributed by atoms with E-state index < -0.39 is 0 Å². The number of carbonyl (C=O) groups excluding carboxylic acids is 1. The number of anilines is 1. The molecular weight excluding hydrogens is 195 g/mol. The number of nitrogens with one attached hydrogen (secondary N) is 2. The Morgan fingerprint density at radius 3 is 2.47 bits per heavy atom. The Kier molecular flexibility index (Phi) is 4.09. The summed E-state index contributed by atoms with van der Waals surface area (Å²) in [6.45, 7) is 4.64. The van der Waals surface area contributed by atoms with E-state index in [1.807, 2.05) is 13.8 Å². The van der Waals surface area contributed by atoms with Gasteiger partial charge in [0.05, 0.1) is 0 Å². The quantitative estimate of drug-likeness (QED) is 0.791. The lowest BCUT2D eigenvalue weighted by Gasteiger charge is -2.09. The second kappa shape index (κ2) is 5.34. The van der Waals surface area contributed by atoms with Gasteiger partial charge in [-0.1, -0.05) is 13.8 Å². The molecule has 0 aromatic heterocycles. The minimum absolute atomic E-state index is 0.268. The van der Waals surface area contributed by atoms with Crippen molar-refractivity contribution in [2.75, 3.05) is 11.9 Å². The molecule has 2 amide bonds. The van der Waals surface area contributed by atoms with Crippen LogP contribution in [0.3, 0.4) is 0 Å². The monoisotopic (exact) mass is 210 g/mol. The van der Waals surface area contributed by atoms with E-state index in [1.165, 1.54) is 24.3 Å². The van der Waals surface area contributed by atoms with E-state index in [2.05, 4.69) is 10.6 Å². The minimum Gasteiger partial charge on any atom is -0.338 e. The van der Waals surface area contributed by atoms with Crippen molar-refractivity contribution in [2.24, 2.45) is 5.92 Å². The minimum atomic E-state index is -0.317. The summed E-state index contributed by atoms with van der Waals surface area (Å²) in [5.41, 5.74) is 0.581. The van der Waals surface area contributed by atoms with Crippen molar-refractivity contribution in [1.29, 1.82) is 0 Å². The number of carbonyl (C=O) groups is 1. The molecule has 0 aliphatic rings. The van der Waals surface area contributed by atoms with Crippen LogP contribution in [0.1, 0.15) is 13.8 Å². The first-order chi connectivity index (χ1) is 7.08. The van der Waals surface area contributed by atoms with E-state index in [1.54, 1.807) is 0 Å². The maximum atomic E-state index is 12.5. The molecule has 2 N–H and O–H groups in total. The number of hydrogen-bond donors (Lipinski definition) is 2. The highest BCUT2D eigenvalue weighted by atomic mass is 19.1. The molecule has 0 saturated heterocycles. The van der Waals surface area contributed by atoms with E-state index in [0.29, 0.717) is 18.2 Å². The van der Waals surface area contributed by atoms with Gasteiger partial charge in [0.25, 0.3) is 0 Å². The zero-order valence-electron chi connectivity index (χ0n) is 8.88. The lowest BCUT2D eigenvalue weighted by atomic mass is 10.2. The number of urea groups is 1. The molecule has 0 fully saturated rings. The van der Waals surface area contributed by atoms with Crippen LogP contribution in [0.4, 0.5) is 14.9 Å². The van der Waals surface area contributed by atoms with Crippen LogP contribution >= 0.6 is 0 Å². The van der Waals surface area contributed by atoms with Crippen LogP contribution in [0.5, 0.6) is 0 Å². The van der Waals surface area contributed by atoms with Crippen LogP contribution in [0.15, 0.2) is 24.3 Å². The zero-order valence-corrected chi connectivity index (χ0v) is 8.88. The van der Waals surface area contributed by atoms with Gasteiger partial charge < -0.3 is 10.6 Å². The Morgan fingerprint density at radius 1 is 1.33 bits per heavy atom. The van der Waals surface area contributed by atoms with Crippen molar-refractivity contribution in [1.82, 2.24) is 5.32 Å². The highest BCUT2D eigenvalue weighted by Gasteiger charge is 2.01. The molecule has 0 saturated carbocycles. The molecule has 0 aliphatic carbocycles. The van der Waals surface area contributed by atoms with Gasteiger partial charge in [0.2, 0.25) is 0 Å². The zero-order chi connectivity index (χ0) is 11.3. The molecule has 0 heterocycles. The predicted molar refractivity (Wildman–Crippen MR) is 58.3 cm³/mol. The molecule has 1 aromatic rings. The van der Waals surface area contributed by atoms with Crippen molar-refractivity contribution in [3.63, 3.8) is 0 Å². The van der Waals surface area contributed by atoms with Crippen LogP contribution < -0.4 is 10.6 Å². The first kappa shape index (κ1) is 11.5. The van der Waals surface area contributed by atoms with Gasteiger partial charge in [-0.2, -0.15) is 0 Å². The van der Waals surface area contributed by atoms with Crippen molar-refractivity contribution in [3.8, 4) is 0 Å². The topological polar surface area (TPSA) is 41.1 Å². The highest BCUT2D eigenvalue weighted by molar-refractivity contribution is 5.89. The molecule has 0 spiro atoms. The molecule has 3 nitrogen and oxygen atoms in total. The van der Waals surface area contributed by atoms with E-state index >= 15 is 0 Å². The standard InChI is InChI=1S/C11H15FN2O/c1-8(2)7-13-11(15)14-10-5-3-9(12)4-6-10/h3-6,8H,7H2,1-2H3,(H2,13,14,15). The molecule has 0 unspecified atom stereocenters. The maximum Gasteiger partial charge on any atom is 0.319 e. The maximum absolute atomic E-state index is 12.5. The van der Waals surface area contributed by atoms with Crippen LogP contribution in [0.25, 0.3) is 0 Å². The van der Waals surface area contributed by atoms with E-state index in [0.717, 1.165) is 0 Å². The Bertz CT molecular complexity index is 322. The SMILES string of the molecule is CC(C)CNC(=O)Nc1ccc(F)cc1. The summed E-state index contributed by atoms with van der Waals surface area (Å²) in [6.07, 6.45) is 0. The fraction of sp³-hybridized carbons (Fsp3) is 0.364. The smallest absolute Gasteiger partial charge is 0.319 e. The molecular formula is C11H15FN2O. The van der Waals surface area contributed by atoms with Crippen LogP contribution in [0, 0.1) is 11.7 Å². The Balaban J connectivity index is 2.41. The fourth-order valence-electron chi connectivity index (χ4n) is 1.01. The molecule has 1 rings (SSSR count). The number of benzene rings is 1. The summed E-state index contributed by atoms with van der Waals surface area (Å²) < 4.78 is 12.5. The number of rotatable bonds is 3. The van der Waals surface area contributed by atoms with Crippen LogP contribution in [-0.4, -0.2) is 12.6 Å². The lowest BCUT2D eigenvalue weighted by Crippen LogP contribution is -2.31. The number of halogens is 1. The molecule has 15 heavy (non-hydrogen) atoms. The summed E-state index contributed by atoms with van der Waals surface area (Å²) in [4.78, 5) is 11.3. The van der Waals surface area contributed by atoms with Crippen molar-refractivity contribution in [2.45, 2.75) is 13.8 Å². The summed E-state index contributed by atoms with van der Waals surface area (Å²) >= 11 is 0. The molecule has 0 atom stereocenters. The van der Waals surface area contributed by atoms with Gasteiger partial charge in [0, 0.05) is 12.2 Å². The van der Waals surface area contributed by atoms with E-state index in [4.69, 9.17) is 0 Å². The number of hydrogen-bond acceptors (Lipinski definition) is 1. The highest BCUT2D eigenvalue weighted by Crippen LogP contribution is 2.07. The molecule has 4 heteroatoms. The summed E-state index contributed by atoms with van der Waals surface area (Å²) in [7, 11) is 0. The fourth-order valence-corrected chi connectivity index (χ4v) is 1.01. The molecule has 0 radical (unpaired) electrons. The lowest BCUT2D eigenvalue weighted by molar-refractivity contribution is 0.251. The van der Waals surface area contributed by atoms with Gasteiger partial charge in [-0.15, -0.1) is 0 Å². The average molecular weight is 210 g/mol. The molecule has 1 aromatic carbocycles. The largest absolute Gasteiger partial charge is 0.338 e. The molecule has 82 valence electrons. The third-order valence-corrected chi connectivity index (χ3v) is 1.77. The van der Waals surface area contributed by atoms with Crippen molar-refractivity contribution in [3.05, 3.63) is 30.1 Å². The second-order valence-electron chi connectivity index (χ2n) is 3.74. The predicted octanol–water partition coefficient (Wildman–Crippen LogP) is 2.60. The summed E-state index contributed by atoms with van der Waals surface area (Å²) in [6, 6.07) is 5.38.